The lowest BCUT2D eigenvalue weighted by molar-refractivity contribution is -0.120. The van der Waals surface area contributed by atoms with Crippen LogP contribution in [0.15, 0.2) is 48.5 Å². The second kappa shape index (κ2) is 9.45. The Bertz CT molecular complexity index is 841. The van der Waals surface area contributed by atoms with Gasteiger partial charge in [-0.05, 0) is 57.5 Å². The molecular formula is C23H30N2O4. The number of hydrogen-bond acceptors (Lipinski definition) is 4. The summed E-state index contributed by atoms with van der Waals surface area (Å²) >= 11 is 0. The summed E-state index contributed by atoms with van der Waals surface area (Å²) < 4.78 is 10.5. The van der Waals surface area contributed by atoms with Crippen molar-refractivity contribution in [2.75, 3.05) is 19.1 Å². The number of nitrogens with zero attached hydrogens (tertiary/aromatic N) is 1. The van der Waals surface area contributed by atoms with Crippen molar-refractivity contribution in [3.63, 3.8) is 0 Å². The number of alkyl carbamates (subject to hydrolysis) is 1. The molecule has 0 radical (unpaired) electrons. The van der Waals surface area contributed by atoms with Crippen molar-refractivity contribution in [1.29, 1.82) is 0 Å². The van der Waals surface area contributed by atoms with Crippen LogP contribution >= 0.6 is 0 Å². The summed E-state index contributed by atoms with van der Waals surface area (Å²) in [6.45, 7) is 7.35. The Kier molecular flexibility index (Phi) is 7.26. The lowest BCUT2D eigenvalue weighted by Crippen LogP contribution is -2.50. The number of carbonyl (C=O) groups excluding carboxylic acids is 2. The van der Waals surface area contributed by atoms with Crippen LogP contribution in [0.5, 0.6) is 5.75 Å². The van der Waals surface area contributed by atoms with Gasteiger partial charge < -0.3 is 19.7 Å². The van der Waals surface area contributed by atoms with Crippen molar-refractivity contribution < 1.29 is 19.1 Å². The van der Waals surface area contributed by atoms with Gasteiger partial charge in [-0.25, -0.2) is 4.79 Å². The summed E-state index contributed by atoms with van der Waals surface area (Å²) in [6.07, 6.45) is -0.257. The molecule has 6 heteroatoms. The Labute approximate surface area is 172 Å². The third-order valence-corrected chi connectivity index (χ3v) is 4.30. The summed E-state index contributed by atoms with van der Waals surface area (Å²) in [5.41, 5.74) is 2.11. The number of carbonyl (C=O) groups is 2. The Morgan fingerprint density at radius 2 is 1.76 bits per heavy atom. The monoisotopic (exact) mass is 398 g/mol. The number of likely N-dealkylation sites (N-methyl/N-ethyl adjacent to an activating group) is 1. The lowest BCUT2D eigenvalue weighted by Gasteiger charge is -2.27. The predicted octanol–water partition coefficient (Wildman–Crippen LogP) is 4.10. The van der Waals surface area contributed by atoms with Gasteiger partial charge in [0.15, 0.2) is 0 Å². The molecule has 0 bridgehead atoms. The SMILES string of the molecule is COc1ccc(N(C)C(=O)[C@H](Cc2cccc(C)c2)NC(=O)OC(C)(C)C)cc1. The zero-order valence-corrected chi connectivity index (χ0v) is 18.0. The van der Waals surface area contributed by atoms with E-state index in [2.05, 4.69) is 5.32 Å². The van der Waals surface area contributed by atoms with Crippen molar-refractivity contribution in [2.24, 2.45) is 0 Å². The molecule has 2 aromatic rings. The van der Waals surface area contributed by atoms with E-state index in [9.17, 15) is 9.59 Å². The summed E-state index contributed by atoms with van der Waals surface area (Å²) in [6, 6.07) is 14.3. The number of hydrogen-bond donors (Lipinski definition) is 1. The van der Waals surface area contributed by atoms with Crippen LogP contribution < -0.4 is 15.0 Å². The van der Waals surface area contributed by atoms with E-state index in [-0.39, 0.29) is 5.91 Å². The van der Waals surface area contributed by atoms with E-state index in [0.29, 0.717) is 17.9 Å². The molecule has 0 heterocycles. The third kappa shape index (κ3) is 6.82. The first-order valence-electron chi connectivity index (χ1n) is 9.56. The van der Waals surface area contributed by atoms with Crippen LogP contribution in [0.25, 0.3) is 0 Å². The van der Waals surface area contributed by atoms with Gasteiger partial charge in [-0.3, -0.25) is 4.79 Å². The van der Waals surface area contributed by atoms with Crippen molar-refractivity contribution in [1.82, 2.24) is 5.32 Å². The van der Waals surface area contributed by atoms with Gasteiger partial charge in [0.25, 0.3) is 0 Å². The standard InChI is InChI=1S/C23H30N2O4/c1-16-8-7-9-17(14-16)15-20(24-22(27)29-23(2,3)4)21(26)25(5)18-10-12-19(28-6)13-11-18/h7-14,20H,15H2,1-6H3,(H,24,27)/t20-/m0/s1. The first-order valence-corrected chi connectivity index (χ1v) is 9.56. The molecule has 0 aliphatic rings. The topological polar surface area (TPSA) is 67.9 Å². The molecule has 156 valence electrons. The molecule has 29 heavy (non-hydrogen) atoms. The molecule has 0 spiro atoms. The molecule has 2 rings (SSSR count). The number of amides is 2. The maximum Gasteiger partial charge on any atom is 0.408 e. The highest BCUT2D eigenvalue weighted by atomic mass is 16.6. The highest BCUT2D eigenvalue weighted by Gasteiger charge is 2.27. The largest absolute Gasteiger partial charge is 0.497 e. The van der Waals surface area contributed by atoms with E-state index in [1.807, 2.05) is 31.2 Å². The van der Waals surface area contributed by atoms with Gasteiger partial charge in [0.1, 0.15) is 17.4 Å². The number of anilines is 1. The van der Waals surface area contributed by atoms with Crippen LogP contribution in [-0.2, 0) is 16.0 Å². The van der Waals surface area contributed by atoms with Crippen LogP contribution in [0.1, 0.15) is 31.9 Å². The lowest BCUT2D eigenvalue weighted by atomic mass is 10.0. The minimum Gasteiger partial charge on any atom is -0.497 e. The summed E-state index contributed by atoms with van der Waals surface area (Å²) in [5.74, 6) is 0.473. The van der Waals surface area contributed by atoms with Crippen LogP contribution in [0.2, 0.25) is 0 Å². The average Bonchev–Trinajstić information content (AvgIpc) is 2.65. The second-order valence-electron chi connectivity index (χ2n) is 7.99. The minimum absolute atomic E-state index is 0.234. The zero-order chi connectivity index (χ0) is 21.6. The molecule has 0 fully saturated rings. The summed E-state index contributed by atoms with van der Waals surface area (Å²) in [4.78, 5) is 27.1. The molecule has 1 atom stereocenters. The number of benzene rings is 2. The van der Waals surface area contributed by atoms with E-state index < -0.39 is 17.7 Å². The third-order valence-electron chi connectivity index (χ3n) is 4.30. The minimum atomic E-state index is -0.765. The van der Waals surface area contributed by atoms with Gasteiger partial charge in [-0.1, -0.05) is 29.8 Å². The van der Waals surface area contributed by atoms with Gasteiger partial charge in [0, 0.05) is 19.2 Å². The zero-order valence-electron chi connectivity index (χ0n) is 18.0. The smallest absolute Gasteiger partial charge is 0.408 e. The molecule has 0 aliphatic carbocycles. The molecule has 0 aliphatic heterocycles. The fourth-order valence-corrected chi connectivity index (χ4v) is 2.89. The van der Waals surface area contributed by atoms with E-state index in [1.165, 1.54) is 4.90 Å². The van der Waals surface area contributed by atoms with Crippen molar-refractivity contribution in [3.05, 3.63) is 59.7 Å². The van der Waals surface area contributed by atoms with Gasteiger partial charge in [0.2, 0.25) is 5.91 Å². The number of nitrogens with one attached hydrogen (secondary N) is 1. The Balaban J connectivity index is 2.23. The highest BCUT2D eigenvalue weighted by molar-refractivity contribution is 5.98. The number of rotatable bonds is 6. The molecule has 0 saturated heterocycles. The summed E-state index contributed by atoms with van der Waals surface area (Å²) in [7, 11) is 3.27. The molecule has 2 amide bonds. The van der Waals surface area contributed by atoms with Gasteiger partial charge >= 0.3 is 6.09 Å². The molecule has 1 N–H and O–H groups in total. The second-order valence-corrected chi connectivity index (χ2v) is 7.99. The van der Waals surface area contributed by atoms with E-state index in [4.69, 9.17) is 9.47 Å². The quantitative estimate of drug-likeness (QED) is 0.795. The van der Waals surface area contributed by atoms with Crippen LogP contribution in [-0.4, -0.2) is 37.8 Å². The summed E-state index contributed by atoms with van der Waals surface area (Å²) in [5, 5.41) is 2.74. The van der Waals surface area contributed by atoms with Crippen LogP contribution in [0.4, 0.5) is 10.5 Å². The van der Waals surface area contributed by atoms with Crippen LogP contribution in [0.3, 0.4) is 0 Å². The van der Waals surface area contributed by atoms with Gasteiger partial charge in [-0.2, -0.15) is 0 Å². The fraction of sp³-hybridized carbons (Fsp3) is 0.391. The molecule has 2 aromatic carbocycles. The molecule has 0 saturated carbocycles. The first kappa shape index (κ1) is 22.3. The van der Waals surface area contributed by atoms with E-state index >= 15 is 0 Å². The van der Waals surface area contributed by atoms with Crippen molar-refractivity contribution >= 4 is 17.7 Å². The average molecular weight is 399 g/mol. The normalized spacial score (nSPS) is 12.1. The number of ether oxygens (including phenoxy) is 2. The van der Waals surface area contributed by atoms with Gasteiger partial charge in [-0.15, -0.1) is 0 Å². The predicted molar refractivity (Wildman–Crippen MR) is 114 cm³/mol. The maximum absolute atomic E-state index is 13.2. The molecular weight excluding hydrogens is 368 g/mol. The Morgan fingerprint density at radius 3 is 2.31 bits per heavy atom. The number of methoxy groups -OCH3 is 1. The van der Waals surface area contributed by atoms with Crippen LogP contribution in [0, 0.1) is 6.92 Å². The highest BCUT2D eigenvalue weighted by Crippen LogP contribution is 2.20. The number of aryl methyl sites for hydroxylation is 1. The Hall–Kier alpha value is -3.02. The Morgan fingerprint density at radius 1 is 1.10 bits per heavy atom. The van der Waals surface area contributed by atoms with Crippen molar-refractivity contribution in [2.45, 2.75) is 45.8 Å². The van der Waals surface area contributed by atoms with Gasteiger partial charge in [0.05, 0.1) is 7.11 Å². The van der Waals surface area contributed by atoms with E-state index in [0.717, 1.165) is 11.1 Å². The fourth-order valence-electron chi connectivity index (χ4n) is 2.89. The maximum atomic E-state index is 13.2. The molecule has 0 unspecified atom stereocenters. The first-order chi connectivity index (χ1) is 13.6. The van der Waals surface area contributed by atoms with E-state index in [1.54, 1.807) is 59.2 Å². The molecule has 0 aromatic heterocycles. The van der Waals surface area contributed by atoms with Crippen molar-refractivity contribution in [3.8, 4) is 5.75 Å². The molecule has 6 nitrogen and oxygen atoms in total.